The number of ether oxygens (including phenoxy) is 1. The second-order valence-electron chi connectivity index (χ2n) is 4.27. The first-order valence-corrected chi connectivity index (χ1v) is 6.27. The van der Waals surface area contributed by atoms with E-state index < -0.39 is 0 Å². The molecule has 0 unspecified atom stereocenters. The Morgan fingerprint density at radius 1 is 0.944 bits per heavy atom. The maximum Gasteiger partial charge on any atom is 0.119 e. The smallest absolute Gasteiger partial charge is 0.119 e. The van der Waals surface area contributed by atoms with Crippen LogP contribution in [0.25, 0.3) is 0 Å². The monoisotopic (exact) mass is 241 g/mol. The van der Waals surface area contributed by atoms with Crippen molar-refractivity contribution in [3.05, 3.63) is 60.2 Å². The van der Waals surface area contributed by atoms with Crippen LogP contribution in [0.5, 0.6) is 5.75 Å². The molecule has 2 aromatic carbocycles. The summed E-state index contributed by atoms with van der Waals surface area (Å²) < 4.78 is 5.44. The van der Waals surface area contributed by atoms with E-state index >= 15 is 0 Å². The molecule has 0 fully saturated rings. The number of hydrogen-bond donors (Lipinski definition) is 0. The number of nitrogens with zero attached hydrogens (tertiary/aromatic N) is 1. The van der Waals surface area contributed by atoms with E-state index in [4.69, 9.17) is 4.74 Å². The first-order valence-electron chi connectivity index (χ1n) is 6.27. The van der Waals surface area contributed by atoms with Gasteiger partial charge in [0.05, 0.1) is 6.61 Å². The summed E-state index contributed by atoms with van der Waals surface area (Å²) in [5.41, 5.74) is 2.51. The summed E-state index contributed by atoms with van der Waals surface area (Å²) in [6.07, 6.45) is 0. The van der Waals surface area contributed by atoms with Crippen LogP contribution in [-0.4, -0.2) is 13.7 Å². The van der Waals surface area contributed by atoms with Crippen molar-refractivity contribution in [3.8, 4) is 5.75 Å². The Balaban J connectivity index is 2.02. The summed E-state index contributed by atoms with van der Waals surface area (Å²) in [5.74, 6) is 0.925. The van der Waals surface area contributed by atoms with Crippen molar-refractivity contribution < 1.29 is 4.74 Å². The minimum Gasteiger partial charge on any atom is -0.494 e. The van der Waals surface area contributed by atoms with Crippen LogP contribution in [-0.2, 0) is 6.54 Å². The lowest BCUT2D eigenvalue weighted by atomic mass is 10.2. The van der Waals surface area contributed by atoms with Gasteiger partial charge in [0.1, 0.15) is 5.75 Å². The molecule has 0 aliphatic heterocycles. The summed E-state index contributed by atoms with van der Waals surface area (Å²) in [4.78, 5) is 2.23. The summed E-state index contributed by atoms with van der Waals surface area (Å²) in [5, 5.41) is 0. The highest BCUT2D eigenvalue weighted by Crippen LogP contribution is 2.19. The summed E-state index contributed by atoms with van der Waals surface area (Å²) in [6.45, 7) is 3.61. The topological polar surface area (TPSA) is 12.5 Å². The van der Waals surface area contributed by atoms with Crippen LogP contribution >= 0.6 is 0 Å². The van der Waals surface area contributed by atoms with Crippen LogP contribution in [0.4, 0.5) is 5.69 Å². The molecular weight excluding hydrogens is 222 g/mol. The van der Waals surface area contributed by atoms with Crippen molar-refractivity contribution in [2.45, 2.75) is 13.5 Å². The van der Waals surface area contributed by atoms with Gasteiger partial charge in [0.15, 0.2) is 0 Å². The van der Waals surface area contributed by atoms with Crippen LogP contribution in [0.1, 0.15) is 12.5 Å². The van der Waals surface area contributed by atoms with Crippen molar-refractivity contribution in [2.24, 2.45) is 0 Å². The van der Waals surface area contributed by atoms with Crippen LogP contribution in [0.2, 0.25) is 0 Å². The first-order chi connectivity index (χ1) is 8.79. The number of anilines is 1. The maximum atomic E-state index is 5.44. The van der Waals surface area contributed by atoms with Gasteiger partial charge in [0, 0.05) is 19.3 Å². The van der Waals surface area contributed by atoms with Crippen molar-refractivity contribution >= 4 is 5.69 Å². The minimum atomic E-state index is 0.708. The number of benzene rings is 2. The highest BCUT2D eigenvalue weighted by Gasteiger charge is 2.02. The molecule has 0 aliphatic carbocycles. The zero-order valence-electron chi connectivity index (χ0n) is 11.0. The van der Waals surface area contributed by atoms with Crippen LogP contribution < -0.4 is 9.64 Å². The van der Waals surface area contributed by atoms with E-state index in [0.29, 0.717) is 6.61 Å². The largest absolute Gasteiger partial charge is 0.494 e. The standard InChI is InChI=1S/C16H19NO/c1-3-18-16-11-9-15(10-12-16)17(2)13-14-7-5-4-6-8-14/h4-12H,3,13H2,1-2H3. The molecule has 94 valence electrons. The predicted octanol–water partition coefficient (Wildman–Crippen LogP) is 3.72. The van der Waals surface area contributed by atoms with Crippen LogP contribution in [0.15, 0.2) is 54.6 Å². The first kappa shape index (κ1) is 12.5. The van der Waals surface area contributed by atoms with Crippen molar-refractivity contribution in [1.29, 1.82) is 0 Å². The molecule has 18 heavy (non-hydrogen) atoms. The quantitative estimate of drug-likeness (QED) is 0.791. The number of hydrogen-bond acceptors (Lipinski definition) is 2. The van der Waals surface area contributed by atoms with Crippen molar-refractivity contribution in [3.63, 3.8) is 0 Å². The van der Waals surface area contributed by atoms with Gasteiger partial charge in [-0.3, -0.25) is 0 Å². The molecule has 0 bridgehead atoms. The third-order valence-electron chi connectivity index (χ3n) is 2.85. The summed E-state index contributed by atoms with van der Waals surface area (Å²) in [7, 11) is 2.10. The van der Waals surface area contributed by atoms with Gasteiger partial charge < -0.3 is 9.64 Å². The Bertz CT molecular complexity index is 464. The Hall–Kier alpha value is -1.96. The van der Waals surface area contributed by atoms with Gasteiger partial charge in [-0.15, -0.1) is 0 Å². The molecule has 0 N–H and O–H groups in total. The molecule has 2 rings (SSSR count). The molecule has 2 aromatic rings. The fraction of sp³-hybridized carbons (Fsp3) is 0.250. The maximum absolute atomic E-state index is 5.44. The Morgan fingerprint density at radius 3 is 2.22 bits per heavy atom. The SMILES string of the molecule is CCOc1ccc(N(C)Cc2ccccc2)cc1. The van der Waals surface area contributed by atoms with E-state index in [-0.39, 0.29) is 0 Å². The van der Waals surface area contributed by atoms with Gasteiger partial charge in [-0.05, 0) is 36.8 Å². The fourth-order valence-electron chi connectivity index (χ4n) is 1.91. The lowest BCUT2D eigenvalue weighted by Crippen LogP contribution is -2.16. The lowest BCUT2D eigenvalue weighted by molar-refractivity contribution is 0.340. The molecule has 0 aliphatic rings. The molecule has 0 spiro atoms. The zero-order chi connectivity index (χ0) is 12.8. The van der Waals surface area contributed by atoms with Crippen molar-refractivity contribution in [1.82, 2.24) is 0 Å². The lowest BCUT2D eigenvalue weighted by Gasteiger charge is -2.19. The van der Waals surface area contributed by atoms with Gasteiger partial charge in [0.25, 0.3) is 0 Å². The Kier molecular flexibility index (Phi) is 4.24. The van der Waals surface area contributed by atoms with E-state index in [1.807, 2.05) is 25.1 Å². The molecule has 2 heteroatoms. The number of rotatable bonds is 5. The molecular formula is C16H19NO. The minimum absolute atomic E-state index is 0.708. The van der Waals surface area contributed by atoms with Gasteiger partial charge in [-0.2, -0.15) is 0 Å². The van der Waals surface area contributed by atoms with E-state index in [1.54, 1.807) is 0 Å². The second-order valence-corrected chi connectivity index (χ2v) is 4.27. The fourth-order valence-corrected chi connectivity index (χ4v) is 1.91. The van der Waals surface area contributed by atoms with E-state index in [9.17, 15) is 0 Å². The van der Waals surface area contributed by atoms with Gasteiger partial charge in [0.2, 0.25) is 0 Å². The van der Waals surface area contributed by atoms with Crippen LogP contribution in [0.3, 0.4) is 0 Å². The molecule has 0 aromatic heterocycles. The highest BCUT2D eigenvalue weighted by molar-refractivity contribution is 5.48. The molecule has 0 saturated carbocycles. The van der Waals surface area contributed by atoms with E-state index in [1.165, 1.54) is 11.3 Å². The highest BCUT2D eigenvalue weighted by atomic mass is 16.5. The van der Waals surface area contributed by atoms with Gasteiger partial charge in [-0.25, -0.2) is 0 Å². The van der Waals surface area contributed by atoms with Gasteiger partial charge >= 0.3 is 0 Å². The third-order valence-corrected chi connectivity index (χ3v) is 2.85. The Labute approximate surface area is 109 Å². The Morgan fingerprint density at radius 2 is 1.61 bits per heavy atom. The average Bonchev–Trinajstić information content (AvgIpc) is 2.41. The van der Waals surface area contributed by atoms with E-state index in [2.05, 4.69) is 48.3 Å². The van der Waals surface area contributed by atoms with Crippen LogP contribution in [0, 0.1) is 0 Å². The summed E-state index contributed by atoms with van der Waals surface area (Å²) in [6, 6.07) is 18.7. The molecule has 2 nitrogen and oxygen atoms in total. The molecule has 0 saturated heterocycles. The molecule has 0 amide bonds. The average molecular weight is 241 g/mol. The van der Waals surface area contributed by atoms with Gasteiger partial charge in [-0.1, -0.05) is 30.3 Å². The second kappa shape index (κ2) is 6.10. The van der Waals surface area contributed by atoms with E-state index in [0.717, 1.165) is 12.3 Å². The molecule has 0 atom stereocenters. The van der Waals surface area contributed by atoms with Crippen molar-refractivity contribution in [2.75, 3.05) is 18.6 Å². The third kappa shape index (κ3) is 3.27. The molecule has 0 radical (unpaired) electrons. The predicted molar refractivity (Wildman–Crippen MR) is 76.2 cm³/mol. The normalized spacial score (nSPS) is 10.1. The summed E-state index contributed by atoms with van der Waals surface area (Å²) >= 11 is 0. The molecule has 0 heterocycles. The zero-order valence-corrected chi connectivity index (χ0v) is 11.0.